The normalized spacial score (nSPS) is 24.0. The topological polar surface area (TPSA) is 28.2 Å². The van der Waals surface area contributed by atoms with Gasteiger partial charge in [0.2, 0.25) is 0 Å². The van der Waals surface area contributed by atoms with Crippen LogP contribution in [0.25, 0.3) is 0 Å². The lowest BCUT2D eigenvalue weighted by atomic mass is 9.96. The molecule has 19 heavy (non-hydrogen) atoms. The molecule has 106 valence electrons. The highest BCUT2D eigenvalue weighted by atomic mass is 15.2. The zero-order chi connectivity index (χ0) is 14.0. The summed E-state index contributed by atoms with van der Waals surface area (Å²) in [6, 6.07) is 5.52. The Morgan fingerprint density at radius 3 is 2.68 bits per heavy atom. The first-order chi connectivity index (χ1) is 9.02. The first-order valence-corrected chi connectivity index (χ1v) is 7.47. The highest BCUT2D eigenvalue weighted by molar-refractivity contribution is 5.52. The highest BCUT2D eigenvalue weighted by Gasteiger charge is 2.30. The van der Waals surface area contributed by atoms with Crippen molar-refractivity contribution in [1.82, 2.24) is 10.3 Å². The van der Waals surface area contributed by atoms with Crippen LogP contribution >= 0.6 is 0 Å². The molecule has 1 aromatic rings. The zero-order valence-corrected chi connectivity index (χ0v) is 12.9. The Hall–Kier alpha value is -1.09. The summed E-state index contributed by atoms with van der Waals surface area (Å²) in [6.07, 6.45) is 1.18. The van der Waals surface area contributed by atoms with E-state index in [1.807, 2.05) is 0 Å². The highest BCUT2D eigenvalue weighted by Crippen LogP contribution is 2.26. The Bertz CT molecular complexity index is 428. The third-order valence-corrected chi connectivity index (χ3v) is 4.20. The van der Waals surface area contributed by atoms with Crippen LogP contribution in [0.5, 0.6) is 0 Å². The van der Waals surface area contributed by atoms with Crippen LogP contribution < -0.4 is 10.2 Å². The van der Waals surface area contributed by atoms with E-state index in [-0.39, 0.29) is 0 Å². The second-order valence-electron chi connectivity index (χ2n) is 6.03. The van der Waals surface area contributed by atoms with Crippen molar-refractivity contribution in [3.05, 3.63) is 23.5 Å². The van der Waals surface area contributed by atoms with Crippen LogP contribution in [0.15, 0.2) is 12.1 Å². The Kier molecular flexibility index (Phi) is 4.46. The second-order valence-corrected chi connectivity index (χ2v) is 6.03. The van der Waals surface area contributed by atoms with E-state index in [2.05, 4.69) is 62.0 Å². The first-order valence-electron chi connectivity index (χ1n) is 7.47. The van der Waals surface area contributed by atoms with Crippen LogP contribution in [0.3, 0.4) is 0 Å². The molecule has 3 heteroatoms. The maximum absolute atomic E-state index is 4.63. The Balaban J connectivity index is 2.30. The molecule has 2 heterocycles. The molecule has 1 N–H and O–H groups in total. The first kappa shape index (κ1) is 14.3. The van der Waals surface area contributed by atoms with Gasteiger partial charge in [0.15, 0.2) is 0 Å². The summed E-state index contributed by atoms with van der Waals surface area (Å²) < 4.78 is 0. The van der Waals surface area contributed by atoms with Crippen molar-refractivity contribution in [3.8, 4) is 0 Å². The van der Waals surface area contributed by atoms with E-state index in [4.69, 9.17) is 0 Å². The minimum absolute atomic E-state index is 0.561. The van der Waals surface area contributed by atoms with Crippen molar-refractivity contribution in [3.63, 3.8) is 0 Å². The number of hydrogen-bond donors (Lipinski definition) is 1. The molecule has 3 nitrogen and oxygen atoms in total. The van der Waals surface area contributed by atoms with Crippen LogP contribution in [0.4, 0.5) is 5.69 Å². The number of piperazine rings is 1. The van der Waals surface area contributed by atoms with E-state index >= 15 is 0 Å². The number of aryl methyl sites for hydroxylation is 2. The maximum atomic E-state index is 4.63. The molecule has 1 fully saturated rings. The molecule has 1 saturated heterocycles. The van der Waals surface area contributed by atoms with E-state index in [0.717, 1.165) is 24.5 Å². The van der Waals surface area contributed by atoms with Gasteiger partial charge in [-0.25, -0.2) is 0 Å². The predicted octanol–water partition coefficient (Wildman–Crippen LogP) is 2.91. The average molecular weight is 261 g/mol. The molecule has 1 aliphatic rings. The quantitative estimate of drug-likeness (QED) is 0.907. The van der Waals surface area contributed by atoms with Gasteiger partial charge in [0.25, 0.3) is 0 Å². The number of hydrogen-bond acceptors (Lipinski definition) is 3. The fourth-order valence-corrected chi connectivity index (χ4v) is 2.96. The van der Waals surface area contributed by atoms with Crippen LogP contribution in [-0.2, 0) is 0 Å². The summed E-state index contributed by atoms with van der Waals surface area (Å²) in [5, 5.41) is 3.67. The van der Waals surface area contributed by atoms with Gasteiger partial charge >= 0.3 is 0 Å². The van der Waals surface area contributed by atoms with E-state index in [0.29, 0.717) is 18.0 Å². The molecule has 1 aliphatic heterocycles. The molecule has 2 rings (SSSR count). The summed E-state index contributed by atoms with van der Waals surface area (Å²) in [7, 11) is 0. The Labute approximate surface area is 117 Å². The van der Waals surface area contributed by atoms with Crippen LogP contribution in [0.1, 0.15) is 38.6 Å². The van der Waals surface area contributed by atoms with E-state index < -0.39 is 0 Å². The van der Waals surface area contributed by atoms with Gasteiger partial charge in [0.05, 0.1) is 11.4 Å². The molecule has 2 unspecified atom stereocenters. The Morgan fingerprint density at radius 2 is 2.11 bits per heavy atom. The van der Waals surface area contributed by atoms with Gasteiger partial charge in [0.1, 0.15) is 0 Å². The molecule has 0 aromatic carbocycles. The van der Waals surface area contributed by atoms with Crippen molar-refractivity contribution in [1.29, 1.82) is 0 Å². The van der Waals surface area contributed by atoms with Crippen molar-refractivity contribution >= 4 is 5.69 Å². The molecule has 0 radical (unpaired) electrons. The van der Waals surface area contributed by atoms with Gasteiger partial charge in [-0.15, -0.1) is 0 Å². The van der Waals surface area contributed by atoms with E-state index in [1.165, 1.54) is 12.1 Å². The standard InChI is InChI=1S/C16H27N3/c1-6-14-10-19(16(9-17-14)11(2)3)15-8-7-12(4)18-13(15)5/h7-8,11,14,16-17H,6,9-10H2,1-5H3. The zero-order valence-electron chi connectivity index (χ0n) is 12.9. The molecule has 0 saturated carbocycles. The van der Waals surface area contributed by atoms with Crippen LogP contribution in [-0.4, -0.2) is 30.2 Å². The summed E-state index contributed by atoms with van der Waals surface area (Å²) >= 11 is 0. The summed E-state index contributed by atoms with van der Waals surface area (Å²) in [5.41, 5.74) is 3.57. The summed E-state index contributed by atoms with van der Waals surface area (Å²) in [6.45, 7) is 13.2. The average Bonchev–Trinajstić information content (AvgIpc) is 2.38. The van der Waals surface area contributed by atoms with Gasteiger partial charge in [-0.3, -0.25) is 4.98 Å². The lowest BCUT2D eigenvalue weighted by molar-refractivity contribution is 0.333. The number of nitrogens with one attached hydrogen (secondary N) is 1. The minimum Gasteiger partial charge on any atom is -0.364 e. The predicted molar refractivity (Wildman–Crippen MR) is 81.8 cm³/mol. The van der Waals surface area contributed by atoms with Crippen molar-refractivity contribution in [2.45, 2.75) is 53.1 Å². The fourth-order valence-electron chi connectivity index (χ4n) is 2.96. The van der Waals surface area contributed by atoms with Crippen LogP contribution in [0.2, 0.25) is 0 Å². The SMILES string of the molecule is CCC1CN(c2ccc(C)nc2C)C(C(C)C)CN1. The van der Waals surface area contributed by atoms with Crippen LogP contribution in [0, 0.1) is 19.8 Å². The molecule has 0 bridgehead atoms. The molecule has 1 aromatic heterocycles. The monoisotopic (exact) mass is 261 g/mol. The third-order valence-electron chi connectivity index (χ3n) is 4.20. The maximum Gasteiger partial charge on any atom is 0.0609 e. The molecular formula is C16H27N3. The number of anilines is 1. The largest absolute Gasteiger partial charge is 0.364 e. The van der Waals surface area contributed by atoms with E-state index in [1.54, 1.807) is 0 Å². The summed E-state index contributed by atoms with van der Waals surface area (Å²) in [4.78, 5) is 7.20. The number of rotatable bonds is 3. The lowest BCUT2D eigenvalue weighted by Crippen LogP contribution is -2.58. The van der Waals surface area contributed by atoms with Gasteiger partial charge in [0, 0.05) is 30.9 Å². The second kappa shape index (κ2) is 5.91. The van der Waals surface area contributed by atoms with E-state index in [9.17, 15) is 0 Å². The molecule has 2 atom stereocenters. The Morgan fingerprint density at radius 1 is 1.37 bits per heavy atom. The van der Waals surface area contributed by atoms with Gasteiger partial charge in [-0.05, 0) is 38.3 Å². The van der Waals surface area contributed by atoms with Gasteiger partial charge in [-0.1, -0.05) is 20.8 Å². The van der Waals surface area contributed by atoms with Gasteiger partial charge < -0.3 is 10.2 Å². The number of nitrogens with zero attached hydrogens (tertiary/aromatic N) is 2. The third kappa shape index (κ3) is 3.08. The molecule has 0 spiro atoms. The number of pyridine rings is 1. The van der Waals surface area contributed by atoms with Crippen molar-refractivity contribution in [2.75, 3.05) is 18.0 Å². The molecule has 0 aliphatic carbocycles. The van der Waals surface area contributed by atoms with Crippen molar-refractivity contribution in [2.24, 2.45) is 5.92 Å². The lowest BCUT2D eigenvalue weighted by Gasteiger charge is -2.44. The fraction of sp³-hybridized carbons (Fsp3) is 0.688. The van der Waals surface area contributed by atoms with Gasteiger partial charge in [-0.2, -0.15) is 0 Å². The smallest absolute Gasteiger partial charge is 0.0609 e. The number of aromatic nitrogens is 1. The minimum atomic E-state index is 0.561. The van der Waals surface area contributed by atoms with Crippen molar-refractivity contribution < 1.29 is 0 Å². The molecule has 0 amide bonds. The molecular weight excluding hydrogens is 234 g/mol. The summed E-state index contributed by atoms with van der Waals surface area (Å²) in [5.74, 6) is 0.644.